The number of aromatic amines is 1. The fourth-order valence-electron chi connectivity index (χ4n) is 2.43. The van der Waals surface area contributed by atoms with Crippen LogP contribution in [0.4, 0.5) is 0 Å². The Morgan fingerprint density at radius 2 is 1.90 bits per heavy atom. The molecule has 0 amide bonds. The summed E-state index contributed by atoms with van der Waals surface area (Å²) in [5.41, 5.74) is 3.19. The zero-order valence-corrected chi connectivity index (χ0v) is 11.8. The molecule has 0 saturated carbocycles. The topological polar surface area (TPSA) is 55.0 Å². The second kappa shape index (κ2) is 4.63. The number of aromatic nitrogens is 2. The van der Waals surface area contributed by atoms with E-state index in [1.807, 2.05) is 45.0 Å². The molecular formula is C16H16N2O2. The van der Waals surface area contributed by atoms with Gasteiger partial charge in [0.15, 0.2) is 5.43 Å². The largest absolute Gasteiger partial charge is 0.491 e. The van der Waals surface area contributed by atoms with Gasteiger partial charge in [-0.1, -0.05) is 6.07 Å². The van der Waals surface area contributed by atoms with E-state index in [4.69, 9.17) is 4.74 Å². The fourth-order valence-corrected chi connectivity index (χ4v) is 2.43. The zero-order valence-electron chi connectivity index (χ0n) is 11.8. The predicted molar refractivity (Wildman–Crippen MR) is 80.5 cm³/mol. The Bertz CT molecular complexity index is 866. The van der Waals surface area contributed by atoms with Crippen LogP contribution in [-0.2, 0) is 0 Å². The summed E-state index contributed by atoms with van der Waals surface area (Å²) in [5, 5.41) is 1.24. The van der Waals surface area contributed by atoms with E-state index in [-0.39, 0.29) is 5.43 Å². The normalized spacial score (nSPS) is 11.2. The minimum absolute atomic E-state index is 0.0118. The van der Waals surface area contributed by atoms with E-state index < -0.39 is 0 Å². The smallest absolute Gasteiger partial charge is 0.198 e. The van der Waals surface area contributed by atoms with Gasteiger partial charge in [0.1, 0.15) is 11.4 Å². The van der Waals surface area contributed by atoms with E-state index in [1.54, 1.807) is 0 Å². The Morgan fingerprint density at radius 3 is 2.65 bits per heavy atom. The molecule has 0 radical (unpaired) electrons. The first-order valence-electron chi connectivity index (χ1n) is 6.67. The molecule has 2 heterocycles. The van der Waals surface area contributed by atoms with Gasteiger partial charge in [0.25, 0.3) is 0 Å². The molecule has 0 fully saturated rings. The first-order valence-corrected chi connectivity index (χ1v) is 6.67. The number of fused-ring (bicyclic) bond motifs is 2. The second-order valence-electron chi connectivity index (χ2n) is 4.87. The summed E-state index contributed by atoms with van der Waals surface area (Å²) in [5.74, 6) is 0.729. The maximum atomic E-state index is 12.6. The monoisotopic (exact) mass is 268 g/mol. The van der Waals surface area contributed by atoms with E-state index in [0.29, 0.717) is 23.0 Å². The van der Waals surface area contributed by atoms with Gasteiger partial charge in [0, 0.05) is 5.69 Å². The standard InChI is InChI=1S/C16H16N2O2/c1-4-20-15-9(2)5-7-11-13(15)18-16-12(14(11)19)8-6-10(3)17-16/h5-8H,4H2,1-3H3,(H,17,18,19). The lowest BCUT2D eigenvalue weighted by atomic mass is 10.1. The average Bonchev–Trinajstić information content (AvgIpc) is 2.42. The van der Waals surface area contributed by atoms with Crippen LogP contribution in [-0.4, -0.2) is 16.6 Å². The summed E-state index contributed by atoms with van der Waals surface area (Å²) in [6.07, 6.45) is 0. The van der Waals surface area contributed by atoms with Crippen LogP contribution in [0.5, 0.6) is 5.75 Å². The van der Waals surface area contributed by atoms with E-state index >= 15 is 0 Å². The first-order chi connectivity index (χ1) is 9.61. The molecule has 0 aliphatic rings. The second-order valence-corrected chi connectivity index (χ2v) is 4.87. The molecule has 20 heavy (non-hydrogen) atoms. The van der Waals surface area contributed by atoms with Gasteiger partial charge >= 0.3 is 0 Å². The summed E-state index contributed by atoms with van der Waals surface area (Å²) in [4.78, 5) is 20.2. The SMILES string of the molecule is CCOc1c(C)ccc2c(=O)c3ccc(C)nc3[nH]c12. The van der Waals surface area contributed by atoms with Crippen LogP contribution >= 0.6 is 0 Å². The molecule has 4 nitrogen and oxygen atoms in total. The number of hydrogen-bond acceptors (Lipinski definition) is 3. The molecule has 2 aromatic heterocycles. The van der Waals surface area contributed by atoms with Crippen molar-refractivity contribution in [2.24, 2.45) is 0 Å². The minimum atomic E-state index is -0.0118. The highest BCUT2D eigenvalue weighted by molar-refractivity contribution is 5.94. The van der Waals surface area contributed by atoms with Crippen molar-refractivity contribution in [1.82, 2.24) is 9.97 Å². The van der Waals surface area contributed by atoms with Gasteiger partial charge in [0.05, 0.1) is 22.9 Å². The number of hydrogen-bond donors (Lipinski definition) is 1. The molecule has 0 atom stereocenters. The third-order valence-corrected chi connectivity index (χ3v) is 3.41. The van der Waals surface area contributed by atoms with Crippen LogP contribution in [0.15, 0.2) is 29.1 Å². The maximum Gasteiger partial charge on any atom is 0.198 e. The van der Waals surface area contributed by atoms with Gasteiger partial charge in [-0.05, 0) is 44.5 Å². The van der Waals surface area contributed by atoms with Crippen molar-refractivity contribution in [3.63, 3.8) is 0 Å². The van der Waals surface area contributed by atoms with Gasteiger partial charge in [-0.2, -0.15) is 0 Å². The summed E-state index contributed by atoms with van der Waals surface area (Å²) in [7, 11) is 0. The highest BCUT2D eigenvalue weighted by Gasteiger charge is 2.12. The molecule has 0 saturated heterocycles. The number of rotatable bonds is 2. The third kappa shape index (κ3) is 1.84. The molecule has 0 unspecified atom stereocenters. The Morgan fingerprint density at radius 1 is 1.15 bits per heavy atom. The Kier molecular flexibility index (Phi) is 2.93. The Balaban J connectivity index is 2.50. The summed E-state index contributed by atoms with van der Waals surface area (Å²) >= 11 is 0. The number of nitrogens with zero attached hydrogens (tertiary/aromatic N) is 1. The third-order valence-electron chi connectivity index (χ3n) is 3.41. The summed E-state index contributed by atoms with van der Waals surface area (Å²) in [6, 6.07) is 7.42. The lowest BCUT2D eigenvalue weighted by Gasteiger charge is -2.11. The summed E-state index contributed by atoms with van der Waals surface area (Å²) < 4.78 is 5.69. The van der Waals surface area contributed by atoms with E-state index in [2.05, 4.69) is 9.97 Å². The van der Waals surface area contributed by atoms with Crippen molar-refractivity contribution in [2.75, 3.05) is 6.61 Å². The molecule has 3 aromatic rings. The minimum Gasteiger partial charge on any atom is -0.491 e. The van der Waals surface area contributed by atoms with Crippen LogP contribution in [0, 0.1) is 13.8 Å². The number of nitrogens with one attached hydrogen (secondary N) is 1. The molecule has 0 bridgehead atoms. The molecule has 0 spiro atoms. The van der Waals surface area contributed by atoms with E-state index in [1.165, 1.54) is 0 Å². The lowest BCUT2D eigenvalue weighted by molar-refractivity contribution is 0.341. The molecule has 1 aromatic carbocycles. The number of aryl methyl sites for hydroxylation is 2. The van der Waals surface area contributed by atoms with Crippen LogP contribution < -0.4 is 10.2 Å². The zero-order chi connectivity index (χ0) is 14.3. The summed E-state index contributed by atoms with van der Waals surface area (Å²) in [6.45, 7) is 6.36. The molecule has 0 aliphatic heterocycles. The Labute approximate surface area is 116 Å². The quantitative estimate of drug-likeness (QED) is 0.727. The molecular weight excluding hydrogens is 252 g/mol. The number of ether oxygens (including phenoxy) is 1. The van der Waals surface area contributed by atoms with Gasteiger partial charge < -0.3 is 9.72 Å². The van der Waals surface area contributed by atoms with Gasteiger partial charge in [-0.15, -0.1) is 0 Å². The van der Waals surface area contributed by atoms with E-state index in [9.17, 15) is 4.79 Å². The van der Waals surface area contributed by atoms with Crippen LogP contribution in [0.1, 0.15) is 18.2 Å². The van der Waals surface area contributed by atoms with Crippen LogP contribution in [0.2, 0.25) is 0 Å². The maximum absolute atomic E-state index is 12.6. The van der Waals surface area contributed by atoms with Crippen LogP contribution in [0.3, 0.4) is 0 Å². The van der Waals surface area contributed by atoms with Gasteiger partial charge in [-0.25, -0.2) is 4.98 Å². The van der Waals surface area contributed by atoms with Crippen molar-refractivity contribution in [3.8, 4) is 5.75 Å². The Hall–Kier alpha value is -2.36. The average molecular weight is 268 g/mol. The predicted octanol–water partition coefficient (Wildman–Crippen LogP) is 3.09. The highest BCUT2D eigenvalue weighted by atomic mass is 16.5. The molecule has 1 N–H and O–H groups in total. The van der Waals surface area contributed by atoms with Crippen molar-refractivity contribution < 1.29 is 4.74 Å². The molecule has 3 rings (SSSR count). The lowest BCUT2D eigenvalue weighted by Crippen LogP contribution is -2.07. The van der Waals surface area contributed by atoms with Crippen molar-refractivity contribution in [1.29, 1.82) is 0 Å². The highest BCUT2D eigenvalue weighted by Crippen LogP contribution is 2.27. The van der Waals surface area contributed by atoms with Crippen molar-refractivity contribution in [3.05, 3.63) is 45.7 Å². The number of pyridine rings is 2. The van der Waals surface area contributed by atoms with Crippen molar-refractivity contribution >= 4 is 21.9 Å². The van der Waals surface area contributed by atoms with Crippen molar-refractivity contribution in [2.45, 2.75) is 20.8 Å². The molecule has 4 heteroatoms. The van der Waals surface area contributed by atoms with E-state index in [0.717, 1.165) is 22.5 Å². The number of H-pyrrole nitrogens is 1. The van der Waals surface area contributed by atoms with Gasteiger partial charge in [0.2, 0.25) is 0 Å². The molecule has 102 valence electrons. The fraction of sp³-hybridized carbons (Fsp3) is 0.250. The van der Waals surface area contributed by atoms with Crippen LogP contribution in [0.25, 0.3) is 21.9 Å². The first kappa shape index (κ1) is 12.7. The number of benzene rings is 1. The molecule has 0 aliphatic carbocycles. The van der Waals surface area contributed by atoms with Gasteiger partial charge in [-0.3, -0.25) is 4.79 Å².